The summed E-state index contributed by atoms with van der Waals surface area (Å²) in [5.41, 5.74) is -1.32. The van der Waals surface area contributed by atoms with Crippen LogP contribution in [0, 0.1) is 0 Å². The average molecular weight is 306 g/mol. The summed E-state index contributed by atoms with van der Waals surface area (Å²) in [6.45, 7) is 0. The Hall–Kier alpha value is -2.03. The van der Waals surface area contributed by atoms with E-state index in [1.54, 1.807) is 0 Å². The highest BCUT2D eigenvalue weighted by Gasteiger charge is 2.34. The number of sulfonamides is 1. The molecular formula is C11H9F3N2O3S. The summed E-state index contributed by atoms with van der Waals surface area (Å²) >= 11 is 0. The lowest BCUT2D eigenvalue weighted by Crippen LogP contribution is -2.18. The molecule has 0 bridgehead atoms. The van der Waals surface area contributed by atoms with Gasteiger partial charge in [-0.3, -0.25) is 4.72 Å². The maximum absolute atomic E-state index is 12.8. The van der Waals surface area contributed by atoms with E-state index in [1.165, 1.54) is 18.2 Å². The fourth-order valence-electron chi connectivity index (χ4n) is 1.59. The van der Waals surface area contributed by atoms with Crippen molar-refractivity contribution in [3.63, 3.8) is 0 Å². The van der Waals surface area contributed by atoms with E-state index in [9.17, 15) is 21.6 Å². The molecule has 0 aliphatic carbocycles. The molecule has 108 valence electrons. The number of benzene rings is 1. The second kappa shape index (κ2) is 5.16. The van der Waals surface area contributed by atoms with E-state index in [0.29, 0.717) is 0 Å². The number of aromatic nitrogens is 1. The van der Waals surface area contributed by atoms with Crippen molar-refractivity contribution in [1.29, 1.82) is 0 Å². The van der Waals surface area contributed by atoms with Crippen molar-refractivity contribution in [2.24, 2.45) is 0 Å². The van der Waals surface area contributed by atoms with Gasteiger partial charge in [0.2, 0.25) is 10.0 Å². The largest absolute Gasteiger partial charge is 0.416 e. The standard InChI is InChI=1S/C11H9F3N2O3S/c12-11(13,14)9-4-2-1-3-8(9)7-20(17,18)16-10-5-6-19-15-10/h1-6H,7H2,(H,15,16). The molecule has 20 heavy (non-hydrogen) atoms. The first-order valence-electron chi connectivity index (χ1n) is 5.34. The number of anilines is 1. The van der Waals surface area contributed by atoms with Crippen LogP contribution in [0.1, 0.15) is 11.1 Å². The molecule has 1 aromatic carbocycles. The van der Waals surface area contributed by atoms with Gasteiger partial charge in [-0.15, -0.1) is 0 Å². The quantitative estimate of drug-likeness (QED) is 0.942. The number of nitrogens with zero attached hydrogens (tertiary/aromatic N) is 1. The third kappa shape index (κ3) is 3.50. The van der Waals surface area contributed by atoms with Gasteiger partial charge in [-0.05, 0) is 11.6 Å². The van der Waals surface area contributed by atoms with Crippen LogP contribution in [0.25, 0.3) is 0 Å². The molecule has 1 N–H and O–H groups in total. The molecule has 9 heteroatoms. The normalized spacial score (nSPS) is 12.3. The van der Waals surface area contributed by atoms with Crippen LogP contribution in [0.15, 0.2) is 41.1 Å². The van der Waals surface area contributed by atoms with Crippen molar-refractivity contribution in [1.82, 2.24) is 5.16 Å². The molecule has 5 nitrogen and oxygen atoms in total. The lowest BCUT2D eigenvalue weighted by Gasteiger charge is -2.12. The highest BCUT2D eigenvalue weighted by molar-refractivity contribution is 7.91. The Morgan fingerprint density at radius 3 is 2.50 bits per heavy atom. The highest BCUT2D eigenvalue weighted by Crippen LogP contribution is 2.32. The monoisotopic (exact) mass is 306 g/mol. The van der Waals surface area contributed by atoms with Crippen LogP contribution in [-0.2, 0) is 22.0 Å². The van der Waals surface area contributed by atoms with Crippen molar-refractivity contribution >= 4 is 15.8 Å². The SMILES string of the molecule is O=S(=O)(Cc1ccccc1C(F)(F)F)Nc1ccon1. The van der Waals surface area contributed by atoms with Gasteiger partial charge in [0.15, 0.2) is 5.82 Å². The maximum atomic E-state index is 12.8. The maximum Gasteiger partial charge on any atom is 0.416 e. The molecule has 0 radical (unpaired) electrons. The van der Waals surface area contributed by atoms with Gasteiger partial charge in [0, 0.05) is 6.07 Å². The predicted octanol–water partition coefficient (Wildman–Crippen LogP) is 2.64. The molecule has 0 unspecified atom stereocenters. The van der Waals surface area contributed by atoms with Gasteiger partial charge in [0.05, 0.1) is 11.3 Å². The summed E-state index contributed by atoms with van der Waals surface area (Å²) in [5.74, 6) is -0.898. The topological polar surface area (TPSA) is 72.2 Å². The van der Waals surface area contributed by atoms with Crippen molar-refractivity contribution in [3.05, 3.63) is 47.7 Å². The van der Waals surface area contributed by atoms with Gasteiger partial charge < -0.3 is 4.52 Å². The smallest absolute Gasteiger partial charge is 0.363 e. The van der Waals surface area contributed by atoms with Crippen molar-refractivity contribution in [3.8, 4) is 0 Å². The van der Waals surface area contributed by atoms with Gasteiger partial charge in [-0.25, -0.2) is 8.42 Å². The van der Waals surface area contributed by atoms with Gasteiger partial charge >= 0.3 is 6.18 Å². The molecule has 0 saturated carbocycles. The number of hydrogen-bond donors (Lipinski definition) is 1. The van der Waals surface area contributed by atoms with E-state index in [-0.39, 0.29) is 11.4 Å². The Kier molecular flexibility index (Phi) is 3.71. The first kappa shape index (κ1) is 14.4. The summed E-state index contributed by atoms with van der Waals surface area (Å²) in [5, 5.41) is 3.33. The molecule has 0 amide bonds. The number of nitrogens with one attached hydrogen (secondary N) is 1. The number of hydrogen-bond acceptors (Lipinski definition) is 4. The van der Waals surface area contributed by atoms with E-state index in [4.69, 9.17) is 0 Å². The second-order valence-corrected chi connectivity index (χ2v) is 5.62. The van der Waals surface area contributed by atoms with Crippen molar-refractivity contribution < 1.29 is 26.1 Å². The molecule has 0 saturated heterocycles. The lowest BCUT2D eigenvalue weighted by molar-refractivity contribution is -0.138. The highest BCUT2D eigenvalue weighted by atomic mass is 32.2. The molecule has 0 aliphatic rings. The Morgan fingerprint density at radius 2 is 1.90 bits per heavy atom. The Bertz CT molecular complexity index is 681. The fraction of sp³-hybridized carbons (Fsp3) is 0.182. The lowest BCUT2D eigenvalue weighted by atomic mass is 10.1. The zero-order chi connectivity index (χ0) is 14.8. The summed E-state index contributed by atoms with van der Waals surface area (Å²) in [6, 6.07) is 5.74. The molecule has 0 aliphatic heterocycles. The zero-order valence-corrected chi connectivity index (χ0v) is 10.7. The summed E-state index contributed by atoms with van der Waals surface area (Å²) in [6.07, 6.45) is -3.47. The van der Waals surface area contributed by atoms with Gasteiger partial charge in [-0.2, -0.15) is 13.2 Å². The molecule has 2 rings (SSSR count). The average Bonchev–Trinajstić information content (AvgIpc) is 2.79. The van der Waals surface area contributed by atoms with Crippen LogP contribution in [-0.4, -0.2) is 13.6 Å². The van der Waals surface area contributed by atoms with E-state index >= 15 is 0 Å². The van der Waals surface area contributed by atoms with Crippen LogP contribution in [0.5, 0.6) is 0 Å². The van der Waals surface area contributed by atoms with E-state index < -0.39 is 27.5 Å². The van der Waals surface area contributed by atoms with Gasteiger partial charge in [0.1, 0.15) is 6.26 Å². The summed E-state index contributed by atoms with van der Waals surface area (Å²) in [7, 11) is -4.01. The minimum Gasteiger partial charge on any atom is -0.363 e. The van der Waals surface area contributed by atoms with E-state index in [1.807, 2.05) is 4.72 Å². The molecule has 1 heterocycles. The third-order valence-corrected chi connectivity index (χ3v) is 3.58. The minimum absolute atomic E-state index is 0.0884. The van der Waals surface area contributed by atoms with Crippen LogP contribution in [0.4, 0.5) is 19.0 Å². The molecule has 0 atom stereocenters. The Morgan fingerprint density at radius 1 is 1.20 bits per heavy atom. The predicted molar refractivity (Wildman–Crippen MR) is 64.2 cm³/mol. The molecule has 0 spiro atoms. The first-order valence-corrected chi connectivity index (χ1v) is 6.99. The molecule has 2 aromatic rings. The van der Waals surface area contributed by atoms with Crippen LogP contribution >= 0.6 is 0 Å². The fourth-order valence-corrected chi connectivity index (χ4v) is 2.75. The summed E-state index contributed by atoms with van der Waals surface area (Å²) in [4.78, 5) is 0. The van der Waals surface area contributed by atoms with Crippen LogP contribution in [0.3, 0.4) is 0 Å². The summed E-state index contributed by atoms with van der Waals surface area (Å²) < 4.78 is 68.3. The molecular weight excluding hydrogens is 297 g/mol. The minimum atomic E-state index is -4.61. The van der Waals surface area contributed by atoms with Crippen LogP contribution < -0.4 is 4.72 Å². The van der Waals surface area contributed by atoms with Crippen molar-refractivity contribution in [2.75, 3.05) is 4.72 Å². The number of alkyl halides is 3. The zero-order valence-electron chi connectivity index (χ0n) is 9.89. The number of rotatable bonds is 4. The Balaban J connectivity index is 2.26. The number of halogens is 3. The van der Waals surface area contributed by atoms with E-state index in [2.05, 4.69) is 9.68 Å². The Labute approximate surface area is 112 Å². The van der Waals surface area contributed by atoms with E-state index in [0.717, 1.165) is 18.4 Å². The molecule has 1 aromatic heterocycles. The van der Waals surface area contributed by atoms with Gasteiger partial charge in [0.25, 0.3) is 0 Å². The van der Waals surface area contributed by atoms with Crippen LogP contribution in [0.2, 0.25) is 0 Å². The van der Waals surface area contributed by atoms with Gasteiger partial charge in [-0.1, -0.05) is 23.4 Å². The van der Waals surface area contributed by atoms with Crippen molar-refractivity contribution in [2.45, 2.75) is 11.9 Å². The molecule has 0 fully saturated rings. The third-order valence-electron chi connectivity index (χ3n) is 2.37. The second-order valence-electron chi connectivity index (χ2n) is 3.90. The first-order chi connectivity index (χ1) is 9.28.